The Morgan fingerprint density at radius 1 is 1.21 bits per heavy atom. The lowest BCUT2D eigenvalue weighted by molar-refractivity contribution is 0.421. The Hall–Kier alpha value is -0.280. The van der Waals surface area contributed by atoms with Gasteiger partial charge < -0.3 is 0 Å². The molecule has 0 heterocycles. The van der Waals surface area contributed by atoms with Crippen LogP contribution in [0.25, 0.3) is 0 Å². The van der Waals surface area contributed by atoms with Crippen molar-refractivity contribution in [2.45, 2.75) is 19.9 Å². The quantitative estimate of drug-likeness (QED) is 0.621. The zero-order valence-electron chi connectivity index (χ0n) is 8.22. The summed E-state index contributed by atoms with van der Waals surface area (Å²) in [5, 5.41) is 1.13. The number of hydrazine groups is 1. The highest BCUT2D eigenvalue weighted by atomic mass is 35.5. The van der Waals surface area contributed by atoms with Gasteiger partial charge >= 0.3 is 0 Å². The molecule has 2 nitrogen and oxygen atoms in total. The molecule has 0 saturated carbocycles. The Labute approximate surface area is 94.4 Å². The Morgan fingerprint density at radius 3 is 2.29 bits per heavy atom. The molecule has 1 atom stereocenters. The van der Waals surface area contributed by atoms with Crippen molar-refractivity contribution >= 4 is 23.2 Å². The molecule has 1 aromatic carbocycles. The van der Waals surface area contributed by atoms with E-state index in [-0.39, 0.29) is 6.04 Å². The fraction of sp³-hybridized carbons (Fsp3) is 0.400. The van der Waals surface area contributed by atoms with E-state index in [2.05, 4.69) is 19.3 Å². The third-order valence-electron chi connectivity index (χ3n) is 2.15. The van der Waals surface area contributed by atoms with Gasteiger partial charge in [0.15, 0.2) is 0 Å². The number of nitrogens with two attached hydrogens (primary N) is 1. The summed E-state index contributed by atoms with van der Waals surface area (Å²) >= 11 is 11.7. The van der Waals surface area contributed by atoms with E-state index in [1.807, 2.05) is 12.1 Å². The Bertz CT molecular complexity index is 313. The van der Waals surface area contributed by atoms with E-state index in [1.165, 1.54) is 0 Å². The number of hydrogen-bond acceptors (Lipinski definition) is 2. The molecule has 0 amide bonds. The molecule has 14 heavy (non-hydrogen) atoms. The molecule has 0 bridgehead atoms. The Balaban J connectivity index is 3.00. The van der Waals surface area contributed by atoms with Gasteiger partial charge in [-0.15, -0.1) is 0 Å². The second kappa shape index (κ2) is 4.99. The van der Waals surface area contributed by atoms with Gasteiger partial charge in [0.25, 0.3) is 0 Å². The molecular weight excluding hydrogens is 219 g/mol. The van der Waals surface area contributed by atoms with E-state index < -0.39 is 0 Å². The van der Waals surface area contributed by atoms with Crippen LogP contribution in [0, 0.1) is 5.92 Å². The summed E-state index contributed by atoms with van der Waals surface area (Å²) in [4.78, 5) is 0. The molecule has 0 radical (unpaired) electrons. The maximum Gasteiger partial charge on any atom is 0.0595 e. The number of rotatable bonds is 3. The average Bonchev–Trinajstić information content (AvgIpc) is 2.11. The molecule has 0 aliphatic carbocycles. The molecule has 1 aromatic rings. The molecule has 0 fully saturated rings. The van der Waals surface area contributed by atoms with Crippen LogP contribution in [0.15, 0.2) is 18.2 Å². The third-order valence-corrected chi connectivity index (χ3v) is 2.89. The summed E-state index contributed by atoms with van der Waals surface area (Å²) in [7, 11) is 0. The van der Waals surface area contributed by atoms with E-state index in [1.54, 1.807) is 6.07 Å². The average molecular weight is 233 g/mol. The first-order chi connectivity index (χ1) is 6.56. The van der Waals surface area contributed by atoms with Crippen molar-refractivity contribution in [3.63, 3.8) is 0 Å². The van der Waals surface area contributed by atoms with Gasteiger partial charge in [-0.1, -0.05) is 43.1 Å². The third kappa shape index (κ3) is 2.61. The summed E-state index contributed by atoms with van der Waals surface area (Å²) in [6, 6.07) is 5.66. The van der Waals surface area contributed by atoms with Crippen LogP contribution in [-0.2, 0) is 0 Å². The zero-order chi connectivity index (χ0) is 10.7. The van der Waals surface area contributed by atoms with Gasteiger partial charge in [0.05, 0.1) is 10.0 Å². The summed E-state index contributed by atoms with van der Waals surface area (Å²) in [5.74, 6) is 5.87. The van der Waals surface area contributed by atoms with E-state index in [0.29, 0.717) is 16.0 Å². The summed E-state index contributed by atoms with van der Waals surface area (Å²) in [6.07, 6.45) is 0. The van der Waals surface area contributed by atoms with Gasteiger partial charge in [-0.3, -0.25) is 11.3 Å². The van der Waals surface area contributed by atoms with Crippen molar-refractivity contribution in [2.75, 3.05) is 0 Å². The Morgan fingerprint density at radius 2 is 1.86 bits per heavy atom. The molecule has 1 unspecified atom stereocenters. The van der Waals surface area contributed by atoms with Crippen molar-refractivity contribution in [1.82, 2.24) is 5.43 Å². The van der Waals surface area contributed by atoms with E-state index in [0.717, 1.165) is 5.56 Å². The van der Waals surface area contributed by atoms with Crippen LogP contribution in [0.3, 0.4) is 0 Å². The van der Waals surface area contributed by atoms with Crippen molar-refractivity contribution in [2.24, 2.45) is 11.8 Å². The standard InChI is InChI=1S/C10H14Cl2N2/c1-6(2)10(14-13)7-3-4-8(11)9(12)5-7/h3-6,10,14H,13H2,1-2H3. The van der Waals surface area contributed by atoms with Gasteiger partial charge in [0.2, 0.25) is 0 Å². The monoisotopic (exact) mass is 232 g/mol. The molecule has 1 rings (SSSR count). The first-order valence-corrected chi connectivity index (χ1v) is 5.23. The van der Waals surface area contributed by atoms with Gasteiger partial charge in [-0.2, -0.15) is 0 Å². The molecule has 0 saturated heterocycles. The van der Waals surface area contributed by atoms with Gasteiger partial charge in [0.1, 0.15) is 0 Å². The summed E-state index contributed by atoms with van der Waals surface area (Å²) < 4.78 is 0. The van der Waals surface area contributed by atoms with Crippen LogP contribution in [0.1, 0.15) is 25.5 Å². The van der Waals surface area contributed by atoms with Crippen molar-refractivity contribution < 1.29 is 0 Å². The van der Waals surface area contributed by atoms with Crippen LogP contribution in [0.2, 0.25) is 10.0 Å². The van der Waals surface area contributed by atoms with Crippen LogP contribution in [0.5, 0.6) is 0 Å². The summed E-state index contributed by atoms with van der Waals surface area (Å²) in [6.45, 7) is 4.18. The fourth-order valence-corrected chi connectivity index (χ4v) is 1.69. The molecule has 78 valence electrons. The minimum Gasteiger partial charge on any atom is -0.271 e. The van der Waals surface area contributed by atoms with Crippen LogP contribution < -0.4 is 11.3 Å². The molecular formula is C10H14Cl2N2. The predicted octanol–water partition coefficient (Wildman–Crippen LogP) is 3.15. The molecule has 0 aliphatic heterocycles. The molecule has 3 N–H and O–H groups in total. The van der Waals surface area contributed by atoms with Crippen molar-refractivity contribution in [3.8, 4) is 0 Å². The second-order valence-electron chi connectivity index (χ2n) is 3.56. The van der Waals surface area contributed by atoms with Gasteiger partial charge in [0, 0.05) is 6.04 Å². The van der Waals surface area contributed by atoms with Gasteiger partial charge in [-0.25, -0.2) is 0 Å². The predicted molar refractivity (Wildman–Crippen MR) is 61.4 cm³/mol. The highest BCUT2D eigenvalue weighted by Gasteiger charge is 2.14. The molecule has 0 spiro atoms. The first-order valence-electron chi connectivity index (χ1n) is 4.47. The topological polar surface area (TPSA) is 38.0 Å². The maximum atomic E-state index is 5.92. The minimum atomic E-state index is 0.102. The lowest BCUT2D eigenvalue weighted by Gasteiger charge is -2.20. The molecule has 0 aromatic heterocycles. The van der Waals surface area contributed by atoms with E-state index >= 15 is 0 Å². The maximum absolute atomic E-state index is 5.92. The fourth-order valence-electron chi connectivity index (χ4n) is 1.38. The normalized spacial score (nSPS) is 13.3. The van der Waals surface area contributed by atoms with Gasteiger partial charge in [-0.05, 0) is 23.6 Å². The molecule has 0 aliphatic rings. The number of benzene rings is 1. The van der Waals surface area contributed by atoms with Crippen LogP contribution in [0.4, 0.5) is 0 Å². The largest absolute Gasteiger partial charge is 0.271 e. The zero-order valence-corrected chi connectivity index (χ0v) is 9.73. The van der Waals surface area contributed by atoms with Crippen molar-refractivity contribution in [3.05, 3.63) is 33.8 Å². The second-order valence-corrected chi connectivity index (χ2v) is 4.38. The SMILES string of the molecule is CC(C)C(NN)c1ccc(Cl)c(Cl)c1. The Kier molecular flexibility index (Phi) is 4.20. The number of hydrogen-bond donors (Lipinski definition) is 2. The molecule has 4 heteroatoms. The van der Waals surface area contributed by atoms with Crippen LogP contribution >= 0.6 is 23.2 Å². The summed E-state index contributed by atoms with van der Waals surface area (Å²) in [5.41, 5.74) is 3.82. The van der Waals surface area contributed by atoms with Crippen LogP contribution in [-0.4, -0.2) is 0 Å². The van der Waals surface area contributed by atoms with E-state index in [4.69, 9.17) is 29.0 Å². The lowest BCUT2D eigenvalue weighted by atomic mass is 9.97. The number of halogens is 2. The van der Waals surface area contributed by atoms with Crippen molar-refractivity contribution in [1.29, 1.82) is 0 Å². The highest BCUT2D eigenvalue weighted by Crippen LogP contribution is 2.28. The smallest absolute Gasteiger partial charge is 0.0595 e. The lowest BCUT2D eigenvalue weighted by Crippen LogP contribution is -2.31. The number of nitrogens with one attached hydrogen (secondary N) is 1. The van der Waals surface area contributed by atoms with E-state index in [9.17, 15) is 0 Å². The minimum absolute atomic E-state index is 0.102. The first kappa shape index (κ1) is 11.8. The highest BCUT2D eigenvalue weighted by molar-refractivity contribution is 6.42.